The molecule has 1 atom stereocenters. The van der Waals surface area contributed by atoms with Crippen molar-refractivity contribution in [3.05, 3.63) is 29.3 Å². The molecular formula is C15H21F3N2O. The molecule has 0 aromatic heterocycles. The molecule has 0 radical (unpaired) electrons. The van der Waals surface area contributed by atoms with Crippen molar-refractivity contribution in [2.24, 2.45) is 5.73 Å². The molecule has 1 aliphatic rings. The van der Waals surface area contributed by atoms with Crippen molar-refractivity contribution in [2.75, 3.05) is 31.1 Å². The largest absolute Gasteiger partial charge is 0.416 e. The predicted octanol–water partition coefficient (Wildman–Crippen LogP) is 2.82. The maximum atomic E-state index is 13.2. The Balaban J connectivity index is 2.28. The van der Waals surface area contributed by atoms with Crippen LogP contribution in [0.25, 0.3) is 0 Å². The summed E-state index contributed by atoms with van der Waals surface area (Å²) in [6, 6.07) is 4.53. The predicted molar refractivity (Wildman–Crippen MR) is 76.4 cm³/mol. The molecule has 2 N–H and O–H groups in total. The van der Waals surface area contributed by atoms with Crippen LogP contribution in [0.4, 0.5) is 18.9 Å². The van der Waals surface area contributed by atoms with Gasteiger partial charge in [-0.1, -0.05) is 13.0 Å². The highest BCUT2D eigenvalue weighted by Crippen LogP contribution is 2.35. The van der Waals surface area contributed by atoms with E-state index in [1.807, 2.05) is 11.8 Å². The van der Waals surface area contributed by atoms with E-state index in [9.17, 15) is 13.2 Å². The van der Waals surface area contributed by atoms with Crippen LogP contribution < -0.4 is 10.6 Å². The second-order valence-corrected chi connectivity index (χ2v) is 5.22. The minimum atomic E-state index is -4.35. The monoisotopic (exact) mass is 302 g/mol. The minimum Gasteiger partial charge on any atom is -0.375 e. The van der Waals surface area contributed by atoms with E-state index in [1.165, 1.54) is 6.07 Å². The SMILES string of the molecule is CCC1CN(c2ccc(CCN)c(C(F)(F)F)c2)CCO1. The first kappa shape index (κ1) is 16.1. The van der Waals surface area contributed by atoms with Crippen molar-refractivity contribution in [3.8, 4) is 0 Å². The van der Waals surface area contributed by atoms with E-state index in [1.54, 1.807) is 12.1 Å². The first-order valence-corrected chi connectivity index (χ1v) is 7.22. The molecule has 3 nitrogen and oxygen atoms in total. The second-order valence-electron chi connectivity index (χ2n) is 5.22. The van der Waals surface area contributed by atoms with Gasteiger partial charge in [-0.25, -0.2) is 0 Å². The van der Waals surface area contributed by atoms with Crippen LogP contribution in [-0.2, 0) is 17.3 Å². The highest BCUT2D eigenvalue weighted by Gasteiger charge is 2.34. The van der Waals surface area contributed by atoms with Gasteiger partial charge < -0.3 is 15.4 Å². The number of alkyl halides is 3. The van der Waals surface area contributed by atoms with Gasteiger partial charge in [0, 0.05) is 18.8 Å². The van der Waals surface area contributed by atoms with Crippen LogP contribution in [0.3, 0.4) is 0 Å². The summed E-state index contributed by atoms with van der Waals surface area (Å²) in [5.41, 5.74) is 5.68. The Kier molecular flexibility index (Phi) is 5.11. The molecule has 0 spiro atoms. The van der Waals surface area contributed by atoms with E-state index in [4.69, 9.17) is 10.5 Å². The molecule has 1 aromatic carbocycles. The molecule has 21 heavy (non-hydrogen) atoms. The molecule has 6 heteroatoms. The molecule has 118 valence electrons. The minimum absolute atomic E-state index is 0.0804. The van der Waals surface area contributed by atoms with Gasteiger partial charge in [0.2, 0.25) is 0 Å². The number of rotatable bonds is 4. The maximum Gasteiger partial charge on any atom is 0.416 e. The van der Waals surface area contributed by atoms with Crippen molar-refractivity contribution in [3.63, 3.8) is 0 Å². The molecule has 1 heterocycles. The molecule has 0 aliphatic carbocycles. The molecule has 0 saturated carbocycles. The Bertz CT molecular complexity index is 476. The lowest BCUT2D eigenvalue weighted by Crippen LogP contribution is -2.42. The Labute approximate surface area is 122 Å². The highest BCUT2D eigenvalue weighted by molar-refractivity contribution is 5.52. The molecule has 1 unspecified atom stereocenters. The summed E-state index contributed by atoms with van der Waals surface area (Å²) in [4.78, 5) is 1.96. The molecule has 0 amide bonds. The number of ether oxygens (including phenoxy) is 1. The lowest BCUT2D eigenvalue weighted by Gasteiger charge is -2.34. The summed E-state index contributed by atoms with van der Waals surface area (Å²) in [5.74, 6) is 0. The standard InChI is InChI=1S/C15H21F3N2O/c1-2-13-10-20(7-8-21-13)12-4-3-11(5-6-19)14(9-12)15(16,17)18/h3-4,9,13H,2,5-8,10,19H2,1H3. The van der Waals surface area contributed by atoms with Crippen molar-refractivity contribution in [1.82, 2.24) is 0 Å². The van der Waals surface area contributed by atoms with Crippen molar-refractivity contribution in [2.45, 2.75) is 32.0 Å². The lowest BCUT2D eigenvalue weighted by atomic mass is 10.0. The molecule has 1 fully saturated rings. The van der Waals surface area contributed by atoms with E-state index >= 15 is 0 Å². The maximum absolute atomic E-state index is 13.2. The van der Waals surface area contributed by atoms with Gasteiger partial charge >= 0.3 is 6.18 Å². The fourth-order valence-corrected chi connectivity index (χ4v) is 2.60. The van der Waals surface area contributed by atoms with Gasteiger partial charge in [-0.2, -0.15) is 13.2 Å². The van der Waals surface area contributed by atoms with Crippen LogP contribution in [0.1, 0.15) is 24.5 Å². The van der Waals surface area contributed by atoms with Gasteiger partial charge in [-0.05, 0) is 37.1 Å². The van der Waals surface area contributed by atoms with Crippen LogP contribution in [0.15, 0.2) is 18.2 Å². The summed E-state index contributed by atoms with van der Waals surface area (Å²) in [7, 11) is 0. The van der Waals surface area contributed by atoms with Gasteiger partial charge in [-0.15, -0.1) is 0 Å². The van der Waals surface area contributed by atoms with Crippen LogP contribution in [0.5, 0.6) is 0 Å². The summed E-state index contributed by atoms with van der Waals surface area (Å²) < 4.78 is 45.1. The summed E-state index contributed by atoms with van der Waals surface area (Å²) in [6.07, 6.45) is -3.18. The third-order valence-corrected chi connectivity index (χ3v) is 3.77. The van der Waals surface area contributed by atoms with Crippen LogP contribution in [0.2, 0.25) is 0 Å². The smallest absolute Gasteiger partial charge is 0.375 e. The molecule has 2 rings (SSSR count). The topological polar surface area (TPSA) is 38.5 Å². The average molecular weight is 302 g/mol. The van der Waals surface area contributed by atoms with Gasteiger partial charge in [0.15, 0.2) is 0 Å². The zero-order valence-electron chi connectivity index (χ0n) is 12.1. The number of anilines is 1. The molecule has 1 saturated heterocycles. The number of hydrogen-bond donors (Lipinski definition) is 1. The number of nitrogens with two attached hydrogens (primary N) is 1. The van der Waals surface area contributed by atoms with Crippen LogP contribution >= 0.6 is 0 Å². The summed E-state index contributed by atoms with van der Waals surface area (Å²) in [5, 5.41) is 0. The Hall–Kier alpha value is -1.27. The van der Waals surface area contributed by atoms with E-state index in [-0.39, 0.29) is 24.6 Å². The Morgan fingerprint density at radius 2 is 2.14 bits per heavy atom. The zero-order valence-corrected chi connectivity index (χ0v) is 12.1. The molecule has 1 aliphatic heterocycles. The summed E-state index contributed by atoms with van der Waals surface area (Å²) >= 11 is 0. The van der Waals surface area contributed by atoms with Crippen LogP contribution in [0, 0.1) is 0 Å². The molecule has 1 aromatic rings. The normalized spacial score (nSPS) is 19.9. The Morgan fingerprint density at radius 1 is 1.38 bits per heavy atom. The van der Waals surface area contributed by atoms with Crippen molar-refractivity contribution in [1.29, 1.82) is 0 Å². The van der Waals surface area contributed by atoms with Crippen LogP contribution in [-0.4, -0.2) is 32.3 Å². The quantitative estimate of drug-likeness (QED) is 0.929. The fraction of sp³-hybridized carbons (Fsp3) is 0.600. The van der Waals surface area contributed by atoms with E-state index in [0.717, 1.165) is 6.42 Å². The van der Waals surface area contributed by atoms with E-state index < -0.39 is 11.7 Å². The number of halogens is 3. The first-order chi connectivity index (χ1) is 9.95. The van der Waals surface area contributed by atoms with Crippen molar-refractivity contribution < 1.29 is 17.9 Å². The number of hydrogen-bond acceptors (Lipinski definition) is 3. The molecular weight excluding hydrogens is 281 g/mol. The number of morpholine rings is 1. The number of nitrogens with zero attached hydrogens (tertiary/aromatic N) is 1. The van der Waals surface area contributed by atoms with Gasteiger partial charge in [0.05, 0.1) is 18.3 Å². The number of benzene rings is 1. The average Bonchev–Trinajstić information content (AvgIpc) is 2.47. The van der Waals surface area contributed by atoms with Gasteiger partial charge in [-0.3, -0.25) is 0 Å². The molecule has 0 bridgehead atoms. The zero-order chi connectivity index (χ0) is 15.5. The Morgan fingerprint density at radius 3 is 2.76 bits per heavy atom. The highest BCUT2D eigenvalue weighted by atomic mass is 19.4. The van der Waals surface area contributed by atoms with Crippen molar-refractivity contribution >= 4 is 5.69 Å². The second kappa shape index (κ2) is 6.66. The first-order valence-electron chi connectivity index (χ1n) is 7.22. The third kappa shape index (κ3) is 3.89. The van der Waals surface area contributed by atoms with Gasteiger partial charge in [0.1, 0.15) is 0 Å². The fourth-order valence-electron chi connectivity index (χ4n) is 2.60. The lowest BCUT2D eigenvalue weighted by molar-refractivity contribution is -0.138. The van der Waals surface area contributed by atoms with E-state index in [0.29, 0.717) is 25.4 Å². The third-order valence-electron chi connectivity index (χ3n) is 3.77. The van der Waals surface area contributed by atoms with Gasteiger partial charge in [0.25, 0.3) is 0 Å². The summed E-state index contributed by atoms with van der Waals surface area (Å²) in [6.45, 7) is 4.01. The van der Waals surface area contributed by atoms with E-state index in [2.05, 4.69) is 0 Å².